The van der Waals surface area contributed by atoms with Gasteiger partial charge in [-0.3, -0.25) is 4.57 Å². The number of fused-ring (bicyclic) bond motifs is 19. The SMILES string of the molecule is CC1(C)c2ccccc2-c2ccc(-n3c4ccccc4c4cc(-c5ccc6c(c5)c5ccccc5n6-c5ccc6ccc(-c7nc(-c8ccccc8)nc(-n8c9ccccc9c9cc(-c%10ccc%11c(c%10)c%10ccccc%10n%11-c%10ccc%11c(c%10)C(C)(C)c%10ccccc%10-%11)ccc98)n7)cc6c5)ccc43)cc21. The van der Waals surface area contributed by atoms with Crippen LogP contribution in [0.25, 0.3) is 188 Å². The third-order valence-electron chi connectivity index (χ3n) is 23.2. The Hall–Kier alpha value is -13.2. The van der Waals surface area contributed by atoms with Crippen molar-refractivity contribution < 1.29 is 0 Å². The molecule has 20 aromatic rings. The van der Waals surface area contributed by atoms with E-state index in [1.165, 1.54) is 121 Å². The largest absolute Gasteiger partial charge is 0.309 e. The van der Waals surface area contributed by atoms with Gasteiger partial charge in [0.2, 0.25) is 5.95 Å². The summed E-state index contributed by atoms with van der Waals surface area (Å²) < 4.78 is 9.55. The fourth-order valence-electron chi connectivity index (χ4n) is 18.1. The normalized spacial score (nSPS) is 13.5. The summed E-state index contributed by atoms with van der Waals surface area (Å²) in [7, 11) is 0. The molecule has 0 atom stereocenters. The summed E-state index contributed by atoms with van der Waals surface area (Å²) in [4.78, 5) is 16.2. The highest BCUT2D eigenvalue weighted by molar-refractivity contribution is 6.15. The summed E-state index contributed by atoms with van der Waals surface area (Å²) >= 11 is 0. The van der Waals surface area contributed by atoms with Gasteiger partial charge in [0.1, 0.15) is 0 Å². The first kappa shape index (κ1) is 58.6. The highest BCUT2D eigenvalue weighted by Gasteiger charge is 2.37. The van der Waals surface area contributed by atoms with Gasteiger partial charge in [-0.05, 0) is 193 Å². The summed E-state index contributed by atoms with van der Waals surface area (Å²) in [6.07, 6.45) is 0. The van der Waals surface area contributed by atoms with Gasteiger partial charge in [-0.2, -0.15) is 9.97 Å². The van der Waals surface area contributed by atoms with Crippen molar-refractivity contribution in [2.45, 2.75) is 38.5 Å². The first-order valence-electron chi connectivity index (χ1n) is 36.1. The molecule has 0 saturated heterocycles. The molecule has 488 valence electrons. The van der Waals surface area contributed by atoms with Gasteiger partial charge in [0.25, 0.3) is 0 Å². The number of rotatable bonds is 8. The topological polar surface area (TPSA) is 58.4 Å². The molecule has 0 spiro atoms. The molecule has 0 saturated carbocycles. The van der Waals surface area contributed by atoms with Crippen molar-refractivity contribution in [3.05, 3.63) is 344 Å². The number of benzene rings is 15. The number of nitrogens with zero attached hydrogens (tertiary/aromatic N) is 7. The maximum Gasteiger partial charge on any atom is 0.238 e. The Kier molecular flexibility index (Phi) is 12.2. The fourth-order valence-corrected chi connectivity index (χ4v) is 18.1. The van der Waals surface area contributed by atoms with E-state index in [1.54, 1.807) is 0 Å². The van der Waals surface area contributed by atoms with Crippen molar-refractivity contribution in [1.82, 2.24) is 33.2 Å². The number of aromatic nitrogens is 7. The van der Waals surface area contributed by atoms with Gasteiger partial charge in [0.05, 0.1) is 44.1 Å². The van der Waals surface area contributed by atoms with Gasteiger partial charge >= 0.3 is 0 Å². The van der Waals surface area contributed by atoms with Gasteiger partial charge < -0.3 is 13.7 Å². The monoisotopic (exact) mass is 1330 g/mol. The Morgan fingerprint density at radius 2 is 0.548 bits per heavy atom. The van der Waals surface area contributed by atoms with Crippen LogP contribution >= 0.6 is 0 Å². The zero-order chi connectivity index (χ0) is 68.8. The molecule has 0 fully saturated rings. The average molecular weight is 1330 g/mol. The van der Waals surface area contributed by atoms with E-state index in [0.29, 0.717) is 17.6 Å². The lowest BCUT2D eigenvalue weighted by Crippen LogP contribution is -2.15. The summed E-state index contributed by atoms with van der Waals surface area (Å²) in [6.45, 7) is 9.43. The molecular weight excluding hydrogens is 1260 g/mol. The minimum absolute atomic E-state index is 0.0993. The third-order valence-corrected chi connectivity index (χ3v) is 23.2. The van der Waals surface area contributed by atoms with Crippen molar-refractivity contribution in [3.63, 3.8) is 0 Å². The molecule has 0 radical (unpaired) electrons. The summed E-state index contributed by atoms with van der Waals surface area (Å²) in [5.41, 5.74) is 29.6. The molecule has 5 aromatic heterocycles. The smallest absolute Gasteiger partial charge is 0.238 e. The highest BCUT2D eigenvalue weighted by atomic mass is 15.2. The molecule has 0 N–H and O–H groups in total. The Bertz CT molecular complexity index is 7110. The maximum atomic E-state index is 5.48. The zero-order valence-electron chi connectivity index (χ0n) is 57.7. The number of hydrogen-bond acceptors (Lipinski definition) is 3. The Balaban J connectivity index is 0.625. The van der Waals surface area contributed by atoms with E-state index in [-0.39, 0.29) is 10.8 Å². The van der Waals surface area contributed by atoms with Crippen LogP contribution in [0.3, 0.4) is 0 Å². The number of hydrogen-bond donors (Lipinski definition) is 0. The van der Waals surface area contributed by atoms with Crippen LogP contribution in [-0.2, 0) is 10.8 Å². The van der Waals surface area contributed by atoms with Crippen LogP contribution in [0, 0.1) is 0 Å². The summed E-state index contributed by atoms with van der Waals surface area (Å²) in [6, 6.07) is 119. The van der Waals surface area contributed by atoms with Crippen LogP contribution in [0.1, 0.15) is 49.9 Å². The summed E-state index contributed by atoms with van der Waals surface area (Å²) in [5.74, 6) is 1.75. The predicted molar refractivity (Wildman–Crippen MR) is 432 cm³/mol. The Morgan fingerprint density at radius 1 is 0.212 bits per heavy atom. The molecule has 0 aliphatic heterocycles. The van der Waals surface area contributed by atoms with Crippen molar-refractivity contribution in [1.29, 1.82) is 0 Å². The molecule has 0 bridgehead atoms. The molecule has 104 heavy (non-hydrogen) atoms. The highest BCUT2D eigenvalue weighted by Crippen LogP contribution is 2.52. The third kappa shape index (κ3) is 8.43. The zero-order valence-corrected chi connectivity index (χ0v) is 57.7. The predicted octanol–water partition coefficient (Wildman–Crippen LogP) is 24.7. The molecule has 7 heteroatoms. The maximum absolute atomic E-state index is 5.48. The van der Waals surface area contributed by atoms with Crippen molar-refractivity contribution in [2.75, 3.05) is 0 Å². The first-order valence-corrected chi connectivity index (χ1v) is 36.1. The molecule has 0 unspecified atom stereocenters. The van der Waals surface area contributed by atoms with Crippen molar-refractivity contribution in [3.8, 4) is 90.3 Å². The van der Waals surface area contributed by atoms with E-state index in [4.69, 9.17) is 15.0 Å². The lowest BCUT2D eigenvalue weighted by Gasteiger charge is -2.22. The minimum atomic E-state index is -0.108. The van der Waals surface area contributed by atoms with Gasteiger partial charge in [0, 0.05) is 82.1 Å². The van der Waals surface area contributed by atoms with Crippen LogP contribution in [0.15, 0.2) is 322 Å². The fraction of sp³-hybridized carbons (Fsp3) is 0.0619. The van der Waals surface area contributed by atoms with Crippen LogP contribution in [0.4, 0.5) is 0 Å². The Morgan fingerprint density at radius 3 is 1.01 bits per heavy atom. The van der Waals surface area contributed by atoms with Gasteiger partial charge in [-0.1, -0.05) is 234 Å². The van der Waals surface area contributed by atoms with E-state index in [1.807, 2.05) is 18.2 Å². The lowest BCUT2D eigenvalue weighted by molar-refractivity contribution is 0.660. The molecule has 5 heterocycles. The van der Waals surface area contributed by atoms with Crippen molar-refractivity contribution in [2.24, 2.45) is 0 Å². The van der Waals surface area contributed by atoms with E-state index in [9.17, 15) is 0 Å². The van der Waals surface area contributed by atoms with E-state index in [2.05, 4.69) is 349 Å². The molecule has 7 nitrogen and oxygen atoms in total. The number of para-hydroxylation sites is 4. The van der Waals surface area contributed by atoms with E-state index < -0.39 is 0 Å². The lowest BCUT2D eigenvalue weighted by atomic mass is 9.82. The van der Waals surface area contributed by atoms with Gasteiger partial charge in [-0.15, -0.1) is 0 Å². The van der Waals surface area contributed by atoms with Crippen LogP contribution in [0.5, 0.6) is 0 Å². The average Bonchev–Trinajstić information content (AvgIpc) is 1.56. The second-order valence-corrected chi connectivity index (χ2v) is 29.5. The van der Waals surface area contributed by atoms with E-state index in [0.717, 1.165) is 71.6 Å². The Labute approximate surface area is 600 Å². The van der Waals surface area contributed by atoms with Crippen LogP contribution in [0.2, 0.25) is 0 Å². The van der Waals surface area contributed by atoms with Crippen LogP contribution in [-0.4, -0.2) is 33.2 Å². The molecule has 15 aromatic carbocycles. The minimum Gasteiger partial charge on any atom is -0.309 e. The first-order chi connectivity index (χ1) is 51.1. The second-order valence-electron chi connectivity index (χ2n) is 29.5. The molecule has 0 amide bonds. The quantitative estimate of drug-likeness (QED) is 0.152. The van der Waals surface area contributed by atoms with Gasteiger partial charge in [-0.25, -0.2) is 4.98 Å². The van der Waals surface area contributed by atoms with Crippen molar-refractivity contribution >= 4 is 98.0 Å². The molecule has 2 aliphatic rings. The van der Waals surface area contributed by atoms with E-state index >= 15 is 0 Å². The summed E-state index contributed by atoms with van der Waals surface area (Å²) in [5, 5.41) is 11.8. The standard InChI is InChI=1S/C97H65N7/c1-96(2)81-28-14-8-22-69(81)71-44-42-67(56-83(71)96)102-86-31-17-11-25-74(86)78-53-61(38-47-90(78)102)60-37-46-89-77(52-60)73-24-10-16-30-85(73)101(89)66-41-36-58-34-35-64(50-65(58)51-66)94-98-93(59-20-6-5-7-21-59)99-95(100-94)104-88-33-19-13-27-76(88)80-55-63(40-49-92(80)104)62-39-48-91-79(54-62)75-26-12-18-32-87(75)103(91)68-43-45-72-70-23-9-15-29-82(70)97(3,4)84(72)57-68/h5-57H,1-4H3. The van der Waals surface area contributed by atoms with Gasteiger partial charge in [0.15, 0.2) is 11.6 Å². The molecule has 22 rings (SSSR count). The molecule has 2 aliphatic carbocycles. The van der Waals surface area contributed by atoms with Crippen LogP contribution < -0.4 is 0 Å². The molecular formula is C97H65N7. The second kappa shape index (κ2) is 21.6.